The standard InChI is InChI=1S/C17H22N2O/c1-2-7-19-8-9-20-13-15(12-19)10-14-3-4-17-16(11-14)5-6-18-17/h2-6,11,15,18H,1,7-10,12-13H2. The molecule has 1 aromatic heterocycles. The maximum atomic E-state index is 5.75. The molecule has 1 aliphatic rings. The zero-order valence-corrected chi connectivity index (χ0v) is 11.8. The summed E-state index contributed by atoms with van der Waals surface area (Å²) in [5.41, 5.74) is 2.60. The van der Waals surface area contributed by atoms with Gasteiger partial charge in [0.2, 0.25) is 0 Å². The summed E-state index contributed by atoms with van der Waals surface area (Å²) in [5.74, 6) is 0.564. The van der Waals surface area contributed by atoms with Gasteiger partial charge in [-0.05, 0) is 41.5 Å². The van der Waals surface area contributed by atoms with Crippen LogP contribution in [0.4, 0.5) is 0 Å². The van der Waals surface area contributed by atoms with Crippen molar-refractivity contribution in [3.8, 4) is 0 Å². The van der Waals surface area contributed by atoms with E-state index in [1.54, 1.807) is 0 Å². The molecule has 0 amide bonds. The predicted molar refractivity (Wildman–Crippen MR) is 82.9 cm³/mol. The third-order valence-electron chi connectivity index (χ3n) is 3.95. The highest BCUT2D eigenvalue weighted by Crippen LogP contribution is 2.19. The number of H-pyrrole nitrogens is 1. The maximum absolute atomic E-state index is 5.75. The van der Waals surface area contributed by atoms with E-state index in [0.29, 0.717) is 5.92 Å². The van der Waals surface area contributed by atoms with Crippen molar-refractivity contribution in [2.45, 2.75) is 6.42 Å². The van der Waals surface area contributed by atoms with Gasteiger partial charge in [0.25, 0.3) is 0 Å². The number of benzene rings is 1. The number of ether oxygens (including phenoxy) is 1. The Bertz CT molecular complexity index is 575. The van der Waals surface area contributed by atoms with Crippen molar-refractivity contribution >= 4 is 10.9 Å². The summed E-state index contributed by atoms with van der Waals surface area (Å²) in [4.78, 5) is 5.67. The van der Waals surface area contributed by atoms with Crippen molar-refractivity contribution in [3.63, 3.8) is 0 Å². The van der Waals surface area contributed by atoms with Gasteiger partial charge in [0.15, 0.2) is 0 Å². The minimum Gasteiger partial charge on any atom is -0.380 e. The summed E-state index contributed by atoms with van der Waals surface area (Å²) in [6, 6.07) is 8.81. The quantitative estimate of drug-likeness (QED) is 0.865. The number of nitrogens with zero attached hydrogens (tertiary/aromatic N) is 1. The molecule has 1 fully saturated rings. The van der Waals surface area contributed by atoms with E-state index in [0.717, 1.165) is 39.3 Å². The van der Waals surface area contributed by atoms with Crippen molar-refractivity contribution in [3.05, 3.63) is 48.7 Å². The molecule has 0 bridgehead atoms. The zero-order chi connectivity index (χ0) is 13.8. The zero-order valence-electron chi connectivity index (χ0n) is 11.8. The van der Waals surface area contributed by atoms with Crippen molar-refractivity contribution in [2.75, 3.05) is 32.8 Å². The summed E-state index contributed by atoms with van der Waals surface area (Å²) in [7, 11) is 0. The van der Waals surface area contributed by atoms with E-state index in [9.17, 15) is 0 Å². The van der Waals surface area contributed by atoms with E-state index in [2.05, 4.69) is 40.7 Å². The summed E-state index contributed by atoms with van der Waals surface area (Å²) >= 11 is 0. The van der Waals surface area contributed by atoms with Crippen LogP contribution in [0.5, 0.6) is 0 Å². The average Bonchev–Trinajstić information content (AvgIpc) is 2.80. The van der Waals surface area contributed by atoms with Gasteiger partial charge in [-0.25, -0.2) is 0 Å². The maximum Gasteiger partial charge on any atom is 0.0593 e. The first-order valence-corrected chi connectivity index (χ1v) is 7.32. The van der Waals surface area contributed by atoms with E-state index in [1.165, 1.54) is 16.5 Å². The number of aromatic nitrogens is 1. The molecule has 1 atom stereocenters. The largest absolute Gasteiger partial charge is 0.380 e. The van der Waals surface area contributed by atoms with Crippen molar-refractivity contribution in [1.82, 2.24) is 9.88 Å². The van der Waals surface area contributed by atoms with Gasteiger partial charge in [-0.15, -0.1) is 6.58 Å². The molecule has 3 rings (SSSR count). The molecular weight excluding hydrogens is 248 g/mol. The number of hydrogen-bond donors (Lipinski definition) is 1. The van der Waals surface area contributed by atoms with E-state index < -0.39 is 0 Å². The second-order valence-electron chi connectivity index (χ2n) is 5.59. The predicted octanol–water partition coefficient (Wildman–Crippen LogP) is 2.84. The van der Waals surface area contributed by atoms with Gasteiger partial charge in [-0.1, -0.05) is 12.1 Å². The Morgan fingerprint density at radius 1 is 1.40 bits per heavy atom. The van der Waals surface area contributed by atoms with Gasteiger partial charge < -0.3 is 9.72 Å². The van der Waals surface area contributed by atoms with Crippen LogP contribution in [0, 0.1) is 5.92 Å². The second kappa shape index (κ2) is 6.25. The molecule has 1 aliphatic heterocycles. The Hall–Kier alpha value is -1.58. The topological polar surface area (TPSA) is 28.3 Å². The molecule has 0 aliphatic carbocycles. The molecule has 2 heterocycles. The third-order valence-corrected chi connectivity index (χ3v) is 3.95. The van der Waals surface area contributed by atoms with Gasteiger partial charge in [0.05, 0.1) is 13.2 Å². The van der Waals surface area contributed by atoms with Crippen LogP contribution in [0.25, 0.3) is 10.9 Å². The van der Waals surface area contributed by atoms with Gasteiger partial charge >= 0.3 is 0 Å². The fourth-order valence-corrected chi connectivity index (χ4v) is 2.99. The van der Waals surface area contributed by atoms with Crippen LogP contribution in [0.2, 0.25) is 0 Å². The summed E-state index contributed by atoms with van der Waals surface area (Å²) in [5, 5.41) is 1.29. The first-order chi connectivity index (χ1) is 9.85. The highest BCUT2D eigenvalue weighted by molar-refractivity contribution is 5.79. The van der Waals surface area contributed by atoms with Crippen molar-refractivity contribution in [2.24, 2.45) is 5.92 Å². The minimum absolute atomic E-state index is 0.564. The average molecular weight is 270 g/mol. The van der Waals surface area contributed by atoms with Crippen LogP contribution in [-0.4, -0.2) is 42.7 Å². The Labute approximate surface area is 120 Å². The van der Waals surface area contributed by atoms with Crippen LogP contribution in [-0.2, 0) is 11.2 Å². The van der Waals surface area contributed by atoms with Gasteiger partial charge in [-0.3, -0.25) is 4.90 Å². The Balaban J connectivity index is 1.69. The SMILES string of the molecule is C=CCN1CCOCC(Cc2ccc3[nH]ccc3c2)C1. The molecule has 1 N–H and O–H groups in total. The van der Waals surface area contributed by atoms with Crippen LogP contribution < -0.4 is 0 Å². The lowest BCUT2D eigenvalue weighted by atomic mass is 9.98. The van der Waals surface area contributed by atoms with Crippen LogP contribution >= 0.6 is 0 Å². The first kappa shape index (κ1) is 13.4. The molecular formula is C17H22N2O. The molecule has 1 unspecified atom stereocenters. The molecule has 1 aromatic carbocycles. The Morgan fingerprint density at radius 2 is 2.35 bits per heavy atom. The molecule has 3 nitrogen and oxygen atoms in total. The number of nitrogens with one attached hydrogen (secondary N) is 1. The number of aromatic amines is 1. The molecule has 2 aromatic rings. The monoisotopic (exact) mass is 270 g/mol. The number of hydrogen-bond acceptors (Lipinski definition) is 2. The minimum atomic E-state index is 0.564. The fourth-order valence-electron chi connectivity index (χ4n) is 2.99. The third kappa shape index (κ3) is 3.11. The highest BCUT2D eigenvalue weighted by Gasteiger charge is 2.18. The van der Waals surface area contributed by atoms with E-state index in [-0.39, 0.29) is 0 Å². The molecule has 3 heteroatoms. The van der Waals surface area contributed by atoms with E-state index in [1.807, 2.05) is 12.3 Å². The molecule has 0 spiro atoms. The van der Waals surface area contributed by atoms with Crippen LogP contribution in [0.3, 0.4) is 0 Å². The highest BCUT2D eigenvalue weighted by atomic mass is 16.5. The Morgan fingerprint density at radius 3 is 3.25 bits per heavy atom. The van der Waals surface area contributed by atoms with Crippen molar-refractivity contribution < 1.29 is 4.74 Å². The molecule has 1 saturated heterocycles. The first-order valence-electron chi connectivity index (χ1n) is 7.32. The Kier molecular flexibility index (Phi) is 4.19. The summed E-state index contributed by atoms with van der Waals surface area (Å²) in [6.07, 6.45) is 5.05. The van der Waals surface area contributed by atoms with Gasteiger partial charge in [0, 0.05) is 31.3 Å². The fraction of sp³-hybridized carbons (Fsp3) is 0.412. The summed E-state index contributed by atoms with van der Waals surface area (Å²) in [6.45, 7) is 8.59. The molecule has 0 radical (unpaired) electrons. The molecule has 0 saturated carbocycles. The lowest BCUT2D eigenvalue weighted by Gasteiger charge is -2.21. The number of rotatable bonds is 4. The lowest BCUT2D eigenvalue weighted by Crippen LogP contribution is -2.31. The lowest BCUT2D eigenvalue weighted by molar-refractivity contribution is 0.122. The smallest absolute Gasteiger partial charge is 0.0593 e. The van der Waals surface area contributed by atoms with Crippen LogP contribution in [0.15, 0.2) is 43.1 Å². The molecule has 20 heavy (non-hydrogen) atoms. The van der Waals surface area contributed by atoms with Gasteiger partial charge in [0.1, 0.15) is 0 Å². The normalized spacial score (nSPS) is 20.9. The molecule has 106 valence electrons. The second-order valence-corrected chi connectivity index (χ2v) is 5.59. The van der Waals surface area contributed by atoms with E-state index >= 15 is 0 Å². The van der Waals surface area contributed by atoms with Crippen LogP contribution in [0.1, 0.15) is 5.56 Å². The number of fused-ring (bicyclic) bond motifs is 1. The van der Waals surface area contributed by atoms with E-state index in [4.69, 9.17) is 4.74 Å². The van der Waals surface area contributed by atoms with Gasteiger partial charge in [-0.2, -0.15) is 0 Å². The van der Waals surface area contributed by atoms with Crippen molar-refractivity contribution in [1.29, 1.82) is 0 Å². The summed E-state index contributed by atoms with van der Waals surface area (Å²) < 4.78 is 5.75.